The van der Waals surface area contributed by atoms with Gasteiger partial charge in [-0.05, 0) is 52.6 Å². The molecule has 0 N–H and O–H groups in total. The number of hydrogen-bond acceptors (Lipinski definition) is 6. The molecule has 7 rings (SSSR count). The fourth-order valence-electron chi connectivity index (χ4n) is 5.16. The first-order chi connectivity index (χ1) is 20.9. The van der Waals surface area contributed by atoms with E-state index in [-0.39, 0.29) is 0 Å². The lowest BCUT2D eigenvalue weighted by atomic mass is 9.93. The zero-order chi connectivity index (χ0) is 28.1. The Kier molecular flexibility index (Phi) is 6.76. The molecule has 0 bridgehead atoms. The Balaban J connectivity index is 1.56. The molecule has 0 fully saturated rings. The second kappa shape index (κ2) is 11.3. The number of hydrogen-bond donors (Lipinski definition) is 0. The zero-order valence-corrected chi connectivity index (χ0v) is 22.5. The molecule has 0 aromatic carbocycles. The molecule has 1 aliphatic carbocycles. The van der Waals surface area contributed by atoms with Crippen molar-refractivity contribution in [2.24, 2.45) is 0 Å². The van der Waals surface area contributed by atoms with E-state index >= 15 is 0 Å². The summed E-state index contributed by atoms with van der Waals surface area (Å²) >= 11 is 0. The Bertz CT molecular complexity index is 1630. The van der Waals surface area contributed by atoms with Gasteiger partial charge in [-0.1, -0.05) is 96.8 Å². The summed E-state index contributed by atoms with van der Waals surface area (Å²) in [6.45, 7) is 0. The Morgan fingerprint density at radius 3 is 0.929 bits per heavy atom. The van der Waals surface area contributed by atoms with Crippen LogP contribution in [0.3, 0.4) is 0 Å². The highest BCUT2D eigenvalue weighted by Crippen LogP contribution is 2.58. The normalized spacial score (nSPS) is 12.1. The molecule has 42 heavy (non-hydrogen) atoms. The Morgan fingerprint density at radius 2 is 0.667 bits per heavy atom. The summed E-state index contributed by atoms with van der Waals surface area (Å²) in [6, 6.07) is 35.6. The third-order valence-corrected chi connectivity index (χ3v) is 6.96. The van der Waals surface area contributed by atoms with Crippen molar-refractivity contribution in [3.05, 3.63) is 209 Å². The summed E-state index contributed by atoms with van der Waals surface area (Å²) in [4.78, 5) is 28.7. The third-order valence-electron chi connectivity index (χ3n) is 6.96. The smallest absolute Gasteiger partial charge is 0.0642 e. The van der Waals surface area contributed by atoms with Gasteiger partial charge in [0, 0.05) is 37.2 Å². The topological polar surface area (TPSA) is 77.3 Å². The molecule has 0 radical (unpaired) electrons. The van der Waals surface area contributed by atoms with Crippen molar-refractivity contribution in [1.82, 2.24) is 29.9 Å². The van der Waals surface area contributed by atoms with E-state index in [1.54, 1.807) is 0 Å². The van der Waals surface area contributed by atoms with Gasteiger partial charge in [0.2, 0.25) is 0 Å². The van der Waals surface area contributed by atoms with E-state index in [1.807, 2.05) is 146 Å². The minimum absolute atomic E-state index is 0.821. The molecule has 0 atom stereocenters. The highest BCUT2D eigenvalue weighted by atomic mass is 14.8. The van der Waals surface area contributed by atoms with Gasteiger partial charge in [-0.2, -0.15) is 11.1 Å². The Hall–Kier alpha value is -5.88. The zero-order valence-electron chi connectivity index (χ0n) is 22.5. The molecule has 0 aliphatic heterocycles. The van der Waals surface area contributed by atoms with Crippen molar-refractivity contribution in [3.8, 4) is 0 Å². The number of aromatic nitrogens is 6. The quantitative estimate of drug-likeness (QED) is 0.205. The lowest BCUT2D eigenvalue weighted by molar-refractivity contribution is 1.06. The van der Waals surface area contributed by atoms with Gasteiger partial charge in [0.25, 0.3) is 0 Å². The number of nitrogens with zero attached hydrogens (tertiary/aromatic N) is 6. The standard InChI is InChI=1S/C36H24N6/c1-7-19-37-25(13-1)31(26-14-2-8-20-38-26)34-35(32(27-15-3-9-21-39-27)28-16-4-10-22-40-28)36(34)33(29-17-5-11-23-41-29)30-18-6-12-24-42-30/h1-24H/q-2. The fraction of sp³-hybridized carbons (Fsp3) is 0. The van der Waals surface area contributed by atoms with Gasteiger partial charge >= 0.3 is 0 Å². The summed E-state index contributed by atoms with van der Waals surface area (Å²) in [5, 5.41) is 0. The Morgan fingerprint density at radius 1 is 0.357 bits per heavy atom. The van der Waals surface area contributed by atoms with Crippen LogP contribution in [0.4, 0.5) is 0 Å². The molecule has 6 heterocycles. The maximum atomic E-state index is 4.79. The summed E-state index contributed by atoms with van der Waals surface area (Å²) in [5.41, 5.74) is 8.91. The first-order valence-corrected chi connectivity index (χ1v) is 13.6. The SMILES string of the molecule is c1ccc(C(=C2C([C-](c3ccccn3)c3ccccn3)=C2[C-](c2ccccn2)c2ccccn2)c2ccccn2)nc1. The summed E-state index contributed by atoms with van der Waals surface area (Å²) < 4.78 is 0. The summed E-state index contributed by atoms with van der Waals surface area (Å²) in [6.07, 6.45) is 10.9. The van der Waals surface area contributed by atoms with E-state index in [2.05, 4.69) is 0 Å². The van der Waals surface area contributed by atoms with Gasteiger partial charge in [-0.3, -0.25) is 29.9 Å². The molecule has 6 aromatic heterocycles. The van der Waals surface area contributed by atoms with Gasteiger partial charge in [0.15, 0.2) is 0 Å². The first kappa shape index (κ1) is 25.1. The average molecular weight is 541 g/mol. The molecular weight excluding hydrogens is 516 g/mol. The van der Waals surface area contributed by atoms with Crippen LogP contribution in [0.1, 0.15) is 34.2 Å². The van der Waals surface area contributed by atoms with Gasteiger partial charge in [-0.15, -0.1) is 5.57 Å². The van der Waals surface area contributed by atoms with E-state index in [1.165, 1.54) is 0 Å². The lowest BCUT2D eigenvalue weighted by Gasteiger charge is -2.23. The highest BCUT2D eigenvalue weighted by molar-refractivity contribution is 5.99. The molecular formula is C36H24N6-2. The second-order valence-corrected chi connectivity index (χ2v) is 9.54. The van der Waals surface area contributed by atoms with Crippen LogP contribution in [-0.2, 0) is 0 Å². The Labute approximate surface area is 244 Å². The van der Waals surface area contributed by atoms with Crippen LogP contribution >= 0.6 is 0 Å². The van der Waals surface area contributed by atoms with Crippen LogP contribution in [0.15, 0.2) is 163 Å². The second-order valence-electron chi connectivity index (χ2n) is 9.54. The van der Waals surface area contributed by atoms with E-state index < -0.39 is 0 Å². The van der Waals surface area contributed by atoms with Crippen molar-refractivity contribution in [3.63, 3.8) is 0 Å². The summed E-state index contributed by atoms with van der Waals surface area (Å²) in [7, 11) is 0. The maximum Gasteiger partial charge on any atom is 0.0642 e. The molecule has 0 unspecified atom stereocenters. The number of allylic oxidation sites excluding steroid dienone is 3. The van der Waals surface area contributed by atoms with Crippen LogP contribution in [0, 0.1) is 11.8 Å². The van der Waals surface area contributed by atoms with Gasteiger partial charge in [0.05, 0.1) is 11.4 Å². The average Bonchev–Trinajstić information content (AvgIpc) is 3.77. The monoisotopic (exact) mass is 540 g/mol. The van der Waals surface area contributed by atoms with Crippen molar-refractivity contribution in [1.29, 1.82) is 0 Å². The lowest BCUT2D eigenvalue weighted by Crippen LogP contribution is -2.07. The largest absolute Gasteiger partial charge is 0.273 e. The van der Waals surface area contributed by atoms with Crippen LogP contribution in [0.5, 0.6) is 0 Å². The van der Waals surface area contributed by atoms with Gasteiger partial charge in [-0.25, -0.2) is 0 Å². The molecule has 6 nitrogen and oxygen atoms in total. The minimum Gasteiger partial charge on any atom is -0.273 e. The van der Waals surface area contributed by atoms with Crippen LogP contribution < -0.4 is 0 Å². The van der Waals surface area contributed by atoms with Crippen molar-refractivity contribution in [2.45, 2.75) is 0 Å². The number of pyridine rings is 6. The molecule has 6 heteroatoms. The van der Waals surface area contributed by atoms with Crippen LogP contribution in [0.25, 0.3) is 5.57 Å². The molecule has 0 saturated carbocycles. The van der Waals surface area contributed by atoms with Gasteiger partial charge < -0.3 is 0 Å². The van der Waals surface area contributed by atoms with Crippen molar-refractivity contribution in [2.75, 3.05) is 0 Å². The summed E-state index contributed by atoms with van der Waals surface area (Å²) in [5.74, 6) is 1.85. The van der Waals surface area contributed by atoms with E-state index in [9.17, 15) is 0 Å². The maximum absolute atomic E-state index is 4.79. The molecule has 6 aromatic rings. The van der Waals surface area contributed by atoms with Crippen LogP contribution in [-0.4, -0.2) is 29.9 Å². The fourth-order valence-corrected chi connectivity index (χ4v) is 5.16. The minimum atomic E-state index is 0.821. The predicted molar refractivity (Wildman–Crippen MR) is 161 cm³/mol. The molecule has 1 aliphatic rings. The molecule has 0 saturated heterocycles. The van der Waals surface area contributed by atoms with E-state index in [4.69, 9.17) is 29.9 Å². The molecule has 0 amide bonds. The third kappa shape index (κ3) is 4.82. The van der Waals surface area contributed by atoms with E-state index in [0.29, 0.717) is 0 Å². The molecule has 200 valence electrons. The molecule has 0 spiro atoms. The number of rotatable bonds is 8. The van der Waals surface area contributed by atoms with Crippen molar-refractivity contribution >= 4 is 5.57 Å². The first-order valence-electron chi connectivity index (χ1n) is 13.6. The van der Waals surface area contributed by atoms with Gasteiger partial charge in [0.1, 0.15) is 0 Å². The van der Waals surface area contributed by atoms with E-state index in [0.717, 1.165) is 68.3 Å². The highest BCUT2D eigenvalue weighted by Gasteiger charge is 2.35. The predicted octanol–water partition coefficient (Wildman–Crippen LogP) is 6.51. The van der Waals surface area contributed by atoms with Crippen molar-refractivity contribution < 1.29 is 0 Å². The van der Waals surface area contributed by atoms with Crippen LogP contribution in [0.2, 0.25) is 0 Å².